The molecule has 29 heavy (non-hydrogen) atoms. The second-order valence-electron chi connectivity index (χ2n) is 6.63. The number of carbonyl (C=O) groups excluding carboxylic acids is 1. The van der Waals surface area contributed by atoms with Crippen LogP contribution in [0.1, 0.15) is 25.0 Å². The van der Waals surface area contributed by atoms with Crippen LogP contribution >= 0.6 is 0 Å². The van der Waals surface area contributed by atoms with Crippen molar-refractivity contribution in [2.45, 2.75) is 33.1 Å². The molecule has 2 rings (SSSR count). The van der Waals surface area contributed by atoms with E-state index in [4.69, 9.17) is 4.74 Å². The van der Waals surface area contributed by atoms with Crippen molar-refractivity contribution in [2.75, 3.05) is 15.8 Å². The molecule has 0 bridgehead atoms. The zero-order chi connectivity index (χ0) is 21.8. The number of anilines is 2. The molecular weight excluding hydrogens is 409 g/mol. The summed E-state index contributed by atoms with van der Waals surface area (Å²) < 4.78 is 70.9. The third kappa shape index (κ3) is 6.97. The van der Waals surface area contributed by atoms with Crippen molar-refractivity contribution >= 4 is 27.3 Å². The van der Waals surface area contributed by atoms with Gasteiger partial charge in [-0.2, -0.15) is 13.2 Å². The molecule has 0 aliphatic heterocycles. The standard InChI is InChI=1S/C19H21F3N2O4S/c1-12(2)28-16-8-6-14(7-9-16)24-29(26,27)11-18(25)23-15-5-4-13(3)17(10-15)19(20,21)22/h4-10,12,24H,11H2,1-3H3,(H,23,25). The highest BCUT2D eigenvalue weighted by Gasteiger charge is 2.32. The van der Waals surface area contributed by atoms with Crippen LogP contribution in [-0.2, 0) is 21.0 Å². The van der Waals surface area contributed by atoms with E-state index in [1.807, 2.05) is 13.8 Å². The number of nitrogens with one attached hydrogen (secondary N) is 2. The van der Waals surface area contributed by atoms with Crippen molar-refractivity contribution in [3.63, 3.8) is 0 Å². The lowest BCUT2D eigenvalue weighted by Crippen LogP contribution is -2.27. The van der Waals surface area contributed by atoms with E-state index in [9.17, 15) is 26.4 Å². The normalized spacial score (nSPS) is 12.0. The van der Waals surface area contributed by atoms with Crippen molar-refractivity contribution in [1.29, 1.82) is 0 Å². The smallest absolute Gasteiger partial charge is 0.416 e. The molecule has 0 saturated heterocycles. The summed E-state index contributed by atoms with van der Waals surface area (Å²) in [6, 6.07) is 9.33. The Kier molecular flexibility index (Phi) is 6.78. The van der Waals surface area contributed by atoms with Crippen LogP contribution in [0.25, 0.3) is 0 Å². The van der Waals surface area contributed by atoms with Crippen molar-refractivity contribution in [1.82, 2.24) is 0 Å². The van der Waals surface area contributed by atoms with Gasteiger partial charge in [-0.25, -0.2) is 8.42 Å². The van der Waals surface area contributed by atoms with Crippen LogP contribution in [0, 0.1) is 6.92 Å². The maximum atomic E-state index is 13.0. The van der Waals surface area contributed by atoms with Gasteiger partial charge in [0.1, 0.15) is 11.5 Å². The number of alkyl halides is 3. The van der Waals surface area contributed by atoms with Crippen LogP contribution in [0.15, 0.2) is 42.5 Å². The third-order valence-corrected chi connectivity index (χ3v) is 4.84. The topological polar surface area (TPSA) is 84.5 Å². The summed E-state index contributed by atoms with van der Waals surface area (Å²) in [6.45, 7) is 4.99. The molecule has 0 radical (unpaired) electrons. The Labute approximate surface area is 167 Å². The number of halogens is 3. The Balaban J connectivity index is 2.02. The quantitative estimate of drug-likeness (QED) is 0.690. The lowest BCUT2D eigenvalue weighted by atomic mass is 10.1. The summed E-state index contributed by atoms with van der Waals surface area (Å²) in [5.74, 6) is -1.36. The molecule has 0 unspecified atom stereocenters. The molecule has 2 aromatic carbocycles. The van der Waals surface area contributed by atoms with E-state index in [2.05, 4.69) is 10.0 Å². The van der Waals surface area contributed by atoms with Gasteiger partial charge in [-0.15, -0.1) is 0 Å². The molecule has 2 N–H and O–H groups in total. The van der Waals surface area contributed by atoms with Crippen LogP contribution in [-0.4, -0.2) is 26.2 Å². The van der Waals surface area contributed by atoms with Crippen LogP contribution in [0.5, 0.6) is 5.75 Å². The van der Waals surface area contributed by atoms with E-state index in [0.717, 1.165) is 6.07 Å². The number of sulfonamides is 1. The first kappa shape index (κ1) is 22.5. The molecule has 2 aromatic rings. The molecule has 0 fully saturated rings. The van der Waals surface area contributed by atoms with Crippen LogP contribution in [0.3, 0.4) is 0 Å². The van der Waals surface area contributed by atoms with E-state index in [1.165, 1.54) is 31.2 Å². The minimum atomic E-state index is -4.58. The third-order valence-electron chi connectivity index (χ3n) is 3.65. The fourth-order valence-electron chi connectivity index (χ4n) is 2.46. The summed E-state index contributed by atoms with van der Waals surface area (Å²) in [6.07, 6.45) is -4.62. The van der Waals surface area contributed by atoms with Gasteiger partial charge >= 0.3 is 6.18 Å². The fourth-order valence-corrected chi connectivity index (χ4v) is 3.45. The Bertz CT molecular complexity index is 972. The molecule has 1 amide bonds. The molecule has 158 valence electrons. The second kappa shape index (κ2) is 8.73. The number of amides is 1. The van der Waals surface area contributed by atoms with E-state index in [1.54, 1.807) is 12.1 Å². The molecule has 0 aliphatic carbocycles. The van der Waals surface area contributed by atoms with Gasteiger partial charge in [0, 0.05) is 11.4 Å². The maximum absolute atomic E-state index is 13.0. The number of ether oxygens (including phenoxy) is 1. The van der Waals surface area contributed by atoms with Gasteiger partial charge in [0.15, 0.2) is 0 Å². The Morgan fingerprint density at radius 2 is 1.66 bits per heavy atom. The summed E-state index contributed by atoms with van der Waals surface area (Å²) in [7, 11) is -4.06. The first-order chi connectivity index (χ1) is 13.4. The lowest BCUT2D eigenvalue weighted by molar-refractivity contribution is -0.138. The average Bonchev–Trinajstić information content (AvgIpc) is 2.56. The highest BCUT2D eigenvalue weighted by atomic mass is 32.2. The molecule has 0 atom stereocenters. The zero-order valence-corrected chi connectivity index (χ0v) is 16.8. The van der Waals surface area contributed by atoms with Crippen molar-refractivity contribution in [3.8, 4) is 5.75 Å². The highest BCUT2D eigenvalue weighted by molar-refractivity contribution is 7.93. The van der Waals surface area contributed by atoms with E-state index in [0.29, 0.717) is 5.75 Å². The van der Waals surface area contributed by atoms with Crippen molar-refractivity contribution in [2.24, 2.45) is 0 Å². The van der Waals surface area contributed by atoms with Gasteiger partial charge in [0.05, 0.1) is 11.7 Å². The number of benzene rings is 2. The van der Waals surface area contributed by atoms with Crippen molar-refractivity contribution < 1.29 is 31.1 Å². The molecule has 0 spiro atoms. The lowest BCUT2D eigenvalue weighted by Gasteiger charge is -2.13. The predicted molar refractivity (Wildman–Crippen MR) is 104 cm³/mol. The number of rotatable bonds is 7. The first-order valence-corrected chi connectivity index (χ1v) is 10.3. The molecule has 6 nitrogen and oxygen atoms in total. The second-order valence-corrected chi connectivity index (χ2v) is 8.35. The maximum Gasteiger partial charge on any atom is 0.416 e. The SMILES string of the molecule is Cc1ccc(NC(=O)CS(=O)(=O)Nc2ccc(OC(C)C)cc2)cc1C(F)(F)F. The molecule has 0 saturated carbocycles. The van der Waals surface area contributed by atoms with Gasteiger partial charge < -0.3 is 10.1 Å². The van der Waals surface area contributed by atoms with Crippen LogP contribution in [0.4, 0.5) is 24.5 Å². The van der Waals surface area contributed by atoms with Gasteiger partial charge in [-0.1, -0.05) is 6.07 Å². The number of aryl methyl sites for hydroxylation is 1. The summed E-state index contributed by atoms with van der Waals surface area (Å²) in [5, 5.41) is 2.18. The molecule has 0 aromatic heterocycles. The Morgan fingerprint density at radius 1 is 1.07 bits per heavy atom. The highest BCUT2D eigenvalue weighted by Crippen LogP contribution is 2.33. The first-order valence-electron chi connectivity index (χ1n) is 8.60. The van der Waals surface area contributed by atoms with Gasteiger partial charge in [-0.05, 0) is 62.7 Å². The number of hydrogen-bond acceptors (Lipinski definition) is 4. The molecule has 10 heteroatoms. The number of hydrogen-bond donors (Lipinski definition) is 2. The van der Waals surface area contributed by atoms with Crippen molar-refractivity contribution in [3.05, 3.63) is 53.6 Å². The summed E-state index contributed by atoms with van der Waals surface area (Å²) >= 11 is 0. The fraction of sp³-hybridized carbons (Fsp3) is 0.316. The summed E-state index contributed by atoms with van der Waals surface area (Å²) in [5.41, 5.74) is -0.823. The van der Waals surface area contributed by atoms with Gasteiger partial charge in [0.25, 0.3) is 0 Å². The monoisotopic (exact) mass is 430 g/mol. The summed E-state index contributed by atoms with van der Waals surface area (Å²) in [4.78, 5) is 12.0. The average molecular weight is 430 g/mol. The minimum Gasteiger partial charge on any atom is -0.491 e. The number of carbonyl (C=O) groups is 1. The van der Waals surface area contributed by atoms with Crippen LogP contribution in [0.2, 0.25) is 0 Å². The molecule has 0 heterocycles. The van der Waals surface area contributed by atoms with Gasteiger partial charge in [-0.3, -0.25) is 9.52 Å². The Morgan fingerprint density at radius 3 is 2.21 bits per heavy atom. The van der Waals surface area contributed by atoms with Gasteiger partial charge in [0.2, 0.25) is 15.9 Å². The molecule has 0 aliphatic rings. The molecular formula is C19H21F3N2O4S. The zero-order valence-electron chi connectivity index (χ0n) is 16.0. The van der Waals surface area contributed by atoms with E-state index in [-0.39, 0.29) is 23.0 Å². The largest absolute Gasteiger partial charge is 0.491 e. The van der Waals surface area contributed by atoms with E-state index < -0.39 is 33.4 Å². The Hall–Kier alpha value is -2.75. The minimum absolute atomic E-state index is 0.00493. The predicted octanol–water partition coefficient (Wildman–Crippen LogP) is 4.18. The van der Waals surface area contributed by atoms with Crippen LogP contribution < -0.4 is 14.8 Å². The van der Waals surface area contributed by atoms with E-state index >= 15 is 0 Å².